The van der Waals surface area contributed by atoms with E-state index >= 15 is 0 Å². The summed E-state index contributed by atoms with van der Waals surface area (Å²) in [5, 5.41) is 3.13. The van der Waals surface area contributed by atoms with Crippen molar-refractivity contribution < 1.29 is 13.2 Å². The molecule has 0 aromatic heterocycles. The van der Waals surface area contributed by atoms with Gasteiger partial charge in [0.25, 0.3) is 6.43 Å². The standard InChI is InChI=1S/C5H4F3N2/c1-2-3(4(6)7)5(8)10-9-2/h4H,1H3. The van der Waals surface area contributed by atoms with Crippen molar-refractivity contribution in [3.8, 4) is 0 Å². The van der Waals surface area contributed by atoms with Crippen molar-refractivity contribution >= 4 is 5.71 Å². The molecule has 0 N–H and O–H groups in total. The lowest BCUT2D eigenvalue weighted by molar-refractivity contribution is 0.193. The number of halogens is 3. The highest BCUT2D eigenvalue weighted by Gasteiger charge is 2.25. The van der Waals surface area contributed by atoms with E-state index in [0.29, 0.717) is 0 Å². The molecule has 5 heteroatoms. The van der Waals surface area contributed by atoms with Crippen LogP contribution in [-0.4, -0.2) is 12.1 Å². The molecule has 2 nitrogen and oxygen atoms in total. The lowest BCUT2D eigenvalue weighted by atomic mass is 10.2. The Kier molecular flexibility index (Phi) is 1.65. The van der Waals surface area contributed by atoms with Gasteiger partial charge in [0.05, 0.1) is 11.3 Å². The summed E-state index contributed by atoms with van der Waals surface area (Å²) in [5.74, 6) is -1.17. The smallest absolute Gasteiger partial charge is 0.205 e. The van der Waals surface area contributed by atoms with Gasteiger partial charge in [-0.3, -0.25) is 0 Å². The predicted octanol–water partition coefficient (Wildman–Crippen LogP) is 1.43. The van der Waals surface area contributed by atoms with E-state index in [0.717, 1.165) is 0 Å². The van der Waals surface area contributed by atoms with E-state index in [1.54, 1.807) is 0 Å². The van der Waals surface area contributed by atoms with Crippen molar-refractivity contribution in [2.45, 2.75) is 13.3 Å². The molecule has 0 spiro atoms. The minimum Gasteiger partial charge on any atom is -0.205 e. The largest absolute Gasteiger partial charge is 0.270 e. The minimum atomic E-state index is -2.82. The van der Waals surface area contributed by atoms with Gasteiger partial charge in [-0.05, 0) is 6.92 Å². The van der Waals surface area contributed by atoms with E-state index in [9.17, 15) is 13.2 Å². The first-order valence-corrected chi connectivity index (χ1v) is 2.56. The number of allylic oxidation sites excluding steroid dienone is 1. The molecule has 0 bridgehead atoms. The molecule has 0 aromatic rings. The Morgan fingerprint density at radius 1 is 1.40 bits per heavy atom. The summed E-state index contributed by atoms with van der Waals surface area (Å²) in [5.41, 5.74) is 2.10. The summed E-state index contributed by atoms with van der Waals surface area (Å²) in [4.78, 5) is 0. The molecule has 1 aliphatic heterocycles. The highest BCUT2D eigenvalue weighted by atomic mass is 19.3. The first-order valence-electron chi connectivity index (χ1n) is 2.56. The molecule has 0 fully saturated rings. The van der Waals surface area contributed by atoms with Crippen LogP contribution in [0.5, 0.6) is 0 Å². The maximum absolute atomic E-state index is 12.2. The van der Waals surface area contributed by atoms with Crippen molar-refractivity contribution in [1.82, 2.24) is 5.43 Å². The second kappa shape index (κ2) is 2.32. The summed E-state index contributed by atoms with van der Waals surface area (Å²) < 4.78 is 35.8. The number of alkyl halides is 2. The Balaban J connectivity index is 2.90. The van der Waals surface area contributed by atoms with Gasteiger partial charge in [0, 0.05) is 0 Å². The quantitative estimate of drug-likeness (QED) is 0.504. The Bertz CT molecular complexity index is 207. The van der Waals surface area contributed by atoms with E-state index < -0.39 is 17.9 Å². The topological polar surface area (TPSA) is 26.5 Å². The summed E-state index contributed by atoms with van der Waals surface area (Å²) in [6.07, 6.45) is -2.82. The molecule has 0 aromatic carbocycles. The zero-order valence-electron chi connectivity index (χ0n) is 5.11. The molecule has 0 saturated carbocycles. The molecule has 0 amide bonds. The number of nitrogens with zero attached hydrogens (tertiary/aromatic N) is 2. The van der Waals surface area contributed by atoms with Gasteiger partial charge in [-0.15, -0.1) is 5.43 Å². The van der Waals surface area contributed by atoms with Crippen molar-refractivity contribution in [3.05, 3.63) is 11.5 Å². The van der Waals surface area contributed by atoms with Crippen LogP contribution in [0.25, 0.3) is 0 Å². The van der Waals surface area contributed by atoms with Crippen LogP contribution < -0.4 is 5.43 Å². The third-order valence-corrected chi connectivity index (χ3v) is 1.12. The molecule has 1 radical (unpaired) electrons. The maximum atomic E-state index is 12.2. The Morgan fingerprint density at radius 2 is 2.00 bits per heavy atom. The third-order valence-electron chi connectivity index (χ3n) is 1.12. The van der Waals surface area contributed by atoms with Crippen LogP contribution in [-0.2, 0) is 0 Å². The second-order valence-electron chi connectivity index (χ2n) is 1.79. The van der Waals surface area contributed by atoms with Crippen LogP contribution in [0.2, 0.25) is 0 Å². The Morgan fingerprint density at radius 3 is 2.20 bits per heavy atom. The summed E-state index contributed by atoms with van der Waals surface area (Å²) in [6.45, 7) is 1.29. The lowest BCUT2D eigenvalue weighted by Crippen LogP contribution is -2.04. The Labute approximate surface area is 55.4 Å². The van der Waals surface area contributed by atoms with Gasteiger partial charge >= 0.3 is 0 Å². The summed E-state index contributed by atoms with van der Waals surface area (Å²) in [6, 6.07) is 0. The SMILES string of the molecule is CC1=N[N]C(F)=C1C(F)F. The van der Waals surface area contributed by atoms with Crippen molar-refractivity contribution in [2.75, 3.05) is 0 Å². The maximum Gasteiger partial charge on any atom is 0.270 e. The molecule has 0 aliphatic carbocycles. The minimum absolute atomic E-state index is 0.0486. The van der Waals surface area contributed by atoms with Gasteiger partial charge in [-0.2, -0.15) is 9.49 Å². The van der Waals surface area contributed by atoms with Crippen LogP contribution in [0.4, 0.5) is 13.2 Å². The molecular weight excluding hydrogens is 145 g/mol. The van der Waals surface area contributed by atoms with Gasteiger partial charge in [0.2, 0.25) is 5.95 Å². The molecular formula is C5H4F3N2. The second-order valence-corrected chi connectivity index (χ2v) is 1.79. The van der Waals surface area contributed by atoms with Crippen LogP contribution in [0, 0.1) is 0 Å². The van der Waals surface area contributed by atoms with Gasteiger partial charge < -0.3 is 0 Å². The molecule has 0 atom stereocenters. The monoisotopic (exact) mass is 149 g/mol. The van der Waals surface area contributed by atoms with Gasteiger partial charge in [0.15, 0.2) is 0 Å². The number of hydrogen-bond acceptors (Lipinski definition) is 1. The highest BCUT2D eigenvalue weighted by molar-refractivity contribution is 6.00. The molecule has 0 saturated heterocycles. The fraction of sp³-hybridized carbons (Fsp3) is 0.400. The average Bonchev–Trinajstić information content (AvgIpc) is 2.11. The fourth-order valence-electron chi connectivity index (χ4n) is 0.624. The molecule has 55 valence electrons. The number of rotatable bonds is 1. The predicted molar refractivity (Wildman–Crippen MR) is 29.4 cm³/mol. The van der Waals surface area contributed by atoms with Crippen molar-refractivity contribution in [2.24, 2.45) is 5.10 Å². The Hall–Kier alpha value is -1.00. The zero-order valence-corrected chi connectivity index (χ0v) is 5.11. The highest BCUT2D eigenvalue weighted by Crippen LogP contribution is 2.20. The van der Waals surface area contributed by atoms with Gasteiger partial charge in [-0.25, -0.2) is 8.78 Å². The van der Waals surface area contributed by atoms with E-state index in [1.807, 2.05) is 0 Å². The summed E-state index contributed by atoms with van der Waals surface area (Å²) in [7, 11) is 0. The van der Waals surface area contributed by atoms with Crippen LogP contribution >= 0.6 is 0 Å². The first kappa shape index (κ1) is 7.11. The van der Waals surface area contributed by atoms with Crippen LogP contribution in [0.15, 0.2) is 16.6 Å². The van der Waals surface area contributed by atoms with E-state index in [2.05, 4.69) is 10.5 Å². The first-order chi connectivity index (χ1) is 4.63. The average molecular weight is 149 g/mol. The normalized spacial score (nSPS) is 17.9. The molecule has 1 heterocycles. The molecule has 1 rings (SSSR count). The van der Waals surface area contributed by atoms with E-state index in [-0.39, 0.29) is 5.71 Å². The van der Waals surface area contributed by atoms with E-state index in [1.165, 1.54) is 6.92 Å². The number of hydrogen-bond donors (Lipinski definition) is 0. The van der Waals surface area contributed by atoms with Gasteiger partial charge in [0.1, 0.15) is 0 Å². The van der Waals surface area contributed by atoms with Crippen molar-refractivity contribution in [3.63, 3.8) is 0 Å². The van der Waals surface area contributed by atoms with Crippen LogP contribution in [0.1, 0.15) is 6.92 Å². The molecule has 10 heavy (non-hydrogen) atoms. The van der Waals surface area contributed by atoms with Crippen LogP contribution in [0.3, 0.4) is 0 Å². The lowest BCUT2D eigenvalue weighted by Gasteiger charge is -1.96. The summed E-state index contributed by atoms with van der Waals surface area (Å²) >= 11 is 0. The fourth-order valence-corrected chi connectivity index (χ4v) is 0.624. The molecule has 1 aliphatic rings. The van der Waals surface area contributed by atoms with Crippen molar-refractivity contribution in [1.29, 1.82) is 0 Å². The van der Waals surface area contributed by atoms with E-state index in [4.69, 9.17) is 0 Å². The zero-order chi connectivity index (χ0) is 7.72. The third kappa shape index (κ3) is 0.984. The molecule has 0 unspecified atom stereocenters. The van der Waals surface area contributed by atoms with Gasteiger partial charge in [-0.1, -0.05) is 0 Å².